The van der Waals surface area contributed by atoms with Gasteiger partial charge in [0.15, 0.2) is 0 Å². The van der Waals surface area contributed by atoms with E-state index in [0.29, 0.717) is 54.7 Å². The Hall–Kier alpha value is -4.66. The Morgan fingerprint density at radius 1 is 1.00 bits per heavy atom. The zero-order chi connectivity index (χ0) is 35.0. The second-order valence-electron chi connectivity index (χ2n) is 12.4. The first kappa shape index (κ1) is 35.6. The Morgan fingerprint density at radius 2 is 1.76 bits per heavy atom. The van der Waals surface area contributed by atoms with Gasteiger partial charge in [-0.25, -0.2) is 0 Å². The first-order chi connectivity index (χ1) is 23.7. The minimum atomic E-state index is -1.06. The molecule has 4 aromatic rings. The topological polar surface area (TPSA) is 151 Å². The summed E-state index contributed by atoms with van der Waals surface area (Å²) in [5, 5.41) is 28.8. The third-order valence-electron chi connectivity index (χ3n) is 9.12. The number of aliphatic hydroxyl groups is 1. The van der Waals surface area contributed by atoms with Crippen molar-refractivity contribution >= 4 is 17.6 Å². The second kappa shape index (κ2) is 16.2. The number of hydrogen-bond acceptors (Lipinski definition) is 9. The molecular weight excluding hydrogens is 644 g/mol. The number of carbonyl (C=O) groups is 1. The van der Waals surface area contributed by atoms with Crippen LogP contribution in [-0.4, -0.2) is 58.9 Å². The Balaban J connectivity index is 1.23. The molecule has 1 saturated heterocycles. The number of pyridine rings is 1. The summed E-state index contributed by atoms with van der Waals surface area (Å²) in [7, 11) is 0. The summed E-state index contributed by atoms with van der Waals surface area (Å²) in [5.74, 6) is 0.865. The fraction of sp³-hybridized carbons (Fsp3) is 0.342. The van der Waals surface area contributed by atoms with Crippen LogP contribution in [0.25, 0.3) is 11.1 Å². The van der Waals surface area contributed by atoms with E-state index < -0.39 is 11.4 Å². The molecule has 1 aliphatic rings. The van der Waals surface area contributed by atoms with Crippen molar-refractivity contribution in [2.45, 2.75) is 46.4 Å². The third kappa shape index (κ3) is 8.32. The number of aliphatic carboxylic acids is 1. The van der Waals surface area contributed by atoms with Crippen molar-refractivity contribution in [3.63, 3.8) is 0 Å². The van der Waals surface area contributed by atoms with Crippen LogP contribution in [0, 0.1) is 30.6 Å². The second-order valence-corrected chi connectivity index (χ2v) is 12.8. The standard InChI is InChI=1S/C38H41ClN4O6/c1-25-29(22-49-36-16-35(30(18-41)15-33(36)39)48-21-28-14-27(17-40)19-42-20-28)6-3-7-31(25)32-8-4-9-34(26(32)2)47-13-5-11-43-12-10-38(23-43,24-44)37(45)46/h3-4,6-9,14-16,19-20,44H,5,10-13,18,21-24,41H2,1-2H3,(H,45,46). The van der Waals surface area contributed by atoms with Crippen LogP contribution in [0.3, 0.4) is 0 Å². The molecule has 0 saturated carbocycles. The largest absolute Gasteiger partial charge is 0.493 e. The fourth-order valence-corrected chi connectivity index (χ4v) is 6.35. The Morgan fingerprint density at radius 3 is 2.47 bits per heavy atom. The molecule has 10 nitrogen and oxygen atoms in total. The Labute approximate surface area is 291 Å². The number of hydrogen-bond donors (Lipinski definition) is 3. The number of aliphatic hydroxyl groups excluding tert-OH is 1. The van der Waals surface area contributed by atoms with E-state index in [9.17, 15) is 20.3 Å². The first-order valence-corrected chi connectivity index (χ1v) is 16.6. The maximum Gasteiger partial charge on any atom is 0.313 e. The molecule has 0 bridgehead atoms. The van der Waals surface area contributed by atoms with Crippen molar-refractivity contribution in [1.82, 2.24) is 9.88 Å². The van der Waals surface area contributed by atoms with Crippen molar-refractivity contribution in [3.05, 3.63) is 105 Å². The molecule has 4 N–H and O–H groups in total. The molecule has 1 aromatic heterocycles. The highest BCUT2D eigenvalue weighted by atomic mass is 35.5. The lowest BCUT2D eigenvalue weighted by Crippen LogP contribution is -2.38. The number of nitrogens with zero attached hydrogens (tertiary/aromatic N) is 3. The average molecular weight is 685 g/mol. The van der Waals surface area contributed by atoms with Crippen molar-refractivity contribution in [2.75, 3.05) is 32.8 Å². The lowest BCUT2D eigenvalue weighted by atomic mass is 9.88. The minimum Gasteiger partial charge on any atom is -0.493 e. The molecule has 49 heavy (non-hydrogen) atoms. The molecule has 1 fully saturated rings. The average Bonchev–Trinajstić information content (AvgIpc) is 3.55. The number of carboxylic acids is 1. The summed E-state index contributed by atoms with van der Waals surface area (Å²) >= 11 is 6.60. The predicted octanol–water partition coefficient (Wildman–Crippen LogP) is 6.05. The van der Waals surface area contributed by atoms with E-state index in [4.69, 9.17) is 31.5 Å². The van der Waals surface area contributed by atoms with Crippen LogP contribution in [0.2, 0.25) is 5.02 Å². The van der Waals surface area contributed by atoms with Crippen molar-refractivity contribution in [1.29, 1.82) is 5.26 Å². The lowest BCUT2D eigenvalue weighted by Gasteiger charge is -2.22. The quantitative estimate of drug-likeness (QED) is 0.126. The van der Waals surface area contributed by atoms with E-state index >= 15 is 0 Å². The zero-order valence-corrected chi connectivity index (χ0v) is 28.5. The van der Waals surface area contributed by atoms with Crippen LogP contribution in [0.1, 0.15) is 46.2 Å². The van der Waals surface area contributed by atoms with E-state index in [0.717, 1.165) is 51.1 Å². The highest BCUT2D eigenvalue weighted by Crippen LogP contribution is 2.36. The van der Waals surface area contributed by atoms with Gasteiger partial charge in [0, 0.05) is 49.2 Å². The predicted molar refractivity (Wildman–Crippen MR) is 187 cm³/mol. The summed E-state index contributed by atoms with van der Waals surface area (Å²) in [6.07, 6.45) is 4.34. The number of benzene rings is 3. The molecule has 11 heteroatoms. The number of nitriles is 1. The summed E-state index contributed by atoms with van der Waals surface area (Å²) < 4.78 is 18.5. The minimum absolute atomic E-state index is 0.205. The smallest absolute Gasteiger partial charge is 0.313 e. The molecule has 5 rings (SSSR count). The number of aromatic nitrogens is 1. The molecule has 0 spiro atoms. The number of halogens is 1. The van der Waals surface area contributed by atoms with E-state index in [2.05, 4.69) is 35.0 Å². The van der Waals surface area contributed by atoms with Gasteiger partial charge in [0.2, 0.25) is 0 Å². The maximum absolute atomic E-state index is 11.6. The zero-order valence-electron chi connectivity index (χ0n) is 27.7. The maximum atomic E-state index is 11.6. The van der Waals surface area contributed by atoms with Gasteiger partial charge < -0.3 is 35.1 Å². The summed E-state index contributed by atoms with van der Waals surface area (Å²) in [6, 6.07) is 19.4. The molecule has 0 aliphatic carbocycles. The molecule has 0 radical (unpaired) electrons. The van der Waals surface area contributed by atoms with Gasteiger partial charge in [-0.05, 0) is 79.3 Å². The van der Waals surface area contributed by atoms with Gasteiger partial charge in [-0.3, -0.25) is 9.78 Å². The van der Waals surface area contributed by atoms with Gasteiger partial charge >= 0.3 is 5.97 Å². The third-order valence-corrected chi connectivity index (χ3v) is 9.42. The normalized spacial score (nSPS) is 15.9. The molecule has 1 aliphatic heterocycles. The van der Waals surface area contributed by atoms with Crippen LogP contribution < -0.4 is 19.9 Å². The molecule has 3 aromatic carbocycles. The van der Waals surface area contributed by atoms with Crippen LogP contribution in [-0.2, 0) is 24.6 Å². The van der Waals surface area contributed by atoms with E-state index in [1.54, 1.807) is 24.4 Å². The number of rotatable bonds is 15. The van der Waals surface area contributed by atoms with Crippen LogP contribution >= 0.6 is 11.6 Å². The van der Waals surface area contributed by atoms with Gasteiger partial charge in [-0.1, -0.05) is 41.9 Å². The van der Waals surface area contributed by atoms with Crippen LogP contribution in [0.5, 0.6) is 17.2 Å². The molecule has 0 amide bonds. The number of likely N-dealkylation sites (tertiary alicyclic amines) is 1. The number of ether oxygens (including phenoxy) is 3. The van der Waals surface area contributed by atoms with Gasteiger partial charge in [0.05, 0.1) is 23.8 Å². The SMILES string of the molecule is Cc1c(COc2cc(OCc3cncc(C#N)c3)c(CN)cc2Cl)cccc1-c1cccc(OCCCN2CCC(CO)(C(=O)O)C2)c1C. The molecule has 2 heterocycles. The van der Waals surface area contributed by atoms with Crippen molar-refractivity contribution in [2.24, 2.45) is 11.1 Å². The molecule has 1 unspecified atom stereocenters. The molecule has 1 atom stereocenters. The highest BCUT2D eigenvalue weighted by molar-refractivity contribution is 6.32. The fourth-order valence-electron chi connectivity index (χ4n) is 6.11. The van der Waals surface area contributed by atoms with E-state index in [1.165, 1.54) is 6.20 Å². The Bertz CT molecular complexity index is 1840. The first-order valence-electron chi connectivity index (χ1n) is 16.2. The van der Waals surface area contributed by atoms with Gasteiger partial charge in [-0.2, -0.15) is 5.26 Å². The summed E-state index contributed by atoms with van der Waals surface area (Å²) in [4.78, 5) is 17.8. The van der Waals surface area contributed by atoms with Gasteiger partial charge in [-0.15, -0.1) is 0 Å². The highest BCUT2D eigenvalue weighted by Gasteiger charge is 2.44. The monoisotopic (exact) mass is 684 g/mol. The molecule has 256 valence electrons. The van der Waals surface area contributed by atoms with Crippen LogP contribution in [0.4, 0.5) is 0 Å². The summed E-state index contributed by atoms with van der Waals surface area (Å²) in [6.45, 7) is 6.67. The van der Waals surface area contributed by atoms with Crippen molar-refractivity contribution < 1.29 is 29.2 Å². The lowest BCUT2D eigenvalue weighted by molar-refractivity contribution is -0.150. The van der Waals surface area contributed by atoms with E-state index in [-0.39, 0.29) is 26.4 Å². The summed E-state index contributed by atoms with van der Waals surface area (Å²) in [5.41, 5.74) is 12.1. The van der Waals surface area contributed by atoms with E-state index in [1.807, 2.05) is 31.2 Å². The number of carboxylic acid groups (broad SMARTS) is 1. The number of nitrogens with two attached hydrogens (primary N) is 1. The Kier molecular flexibility index (Phi) is 11.8. The van der Waals surface area contributed by atoms with Crippen molar-refractivity contribution in [3.8, 4) is 34.4 Å². The molecular formula is C38H41ClN4O6. The van der Waals surface area contributed by atoms with Gasteiger partial charge in [0.25, 0.3) is 0 Å². The van der Waals surface area contributed by atoms with Crippen LogP contribution in [0.15, 0.2) is 67.0 Å². The van der Waals surface area contributed by atoms with Gasteiger partial charge in [0.1, 0.15) is 41.9 Å².